The molecule has 4 aromatic rings. The summed E-state index contributed by atoms with van der Waals surface area (Å²) < 4.78 is 7.66. The van der Waals surface area contributed by atoms with Crippen LogP contribution in [0.3, 0.4) is 0 Å². The van der Waals surface area contributed by atoms with Gasteiger partial charge < -0.3 is 14.2 Å². The van der Waals surface area contributed by atoms with Gasteiger partial charge >= 0.3 is 0 Å². The summed E-state index contributed by atoms with van der Waals surface area (Å²) in [5.74, 6) is 1.94. The van der Waals surface area contributed by atoms with Crippen LogP contribution in [0, 0.1) is 0 Å². The molecule has 0 unspecified atom stereocenters. The van der Waals surface area contributed by atoms with E-state index in [1.165, 1.54) is 5.56 Å². The molecule has 1 aromatic carbocycles. The topological polar surface area (TPSA) is 88.9 Å². The molecule has 5 rings (SSSR count). The molecular formula is C24H26N6O2. The predicted octanol–water partition coefficient (Wildman–Crippen LogP) is 3.43. The van der Waals surface area contributed by atoms with Gasteiger partial charge in [-0.2, -0.15) is 5.10 Å². The summed E-state index contributed by atoms with van der Waals surface area (Å²) in [5.41, 5.74) is 3.67. The van der Waals surface area contributed by atoms with Gasteiger partial charge in [0.15, 0.2) is 5.65 Å². The fourth-order valence-corrected chi connectivity index (χ4v) is 4.50. The molecule has 3 aromatic heterocycles. The summed E-state index contributed by atoms with van der Waals surface area (Å²) in [7, 11) is 1.69. The van der Waals surface area contributed by atoms with E-state index in [-0.39, 0.29) is 11.9 Å². The van der Waals surface area contributed by atoms with E-state index in [1.807, 2.05) is 35.4 Å². The Balaban J connectivity index is 1.35. The van der Waals surface area contributed by atoms with Gasteiger partial charge in [0.1, 0.15) is 17.1 Å². The van der Waals surface area contributed by atoms with Crippen molar-refractivity contribution in [3.63, 3.8) is 0 Å². The molecule has 1 saturated heterocycles. The highest BCUT2D eigenvalue weighted by atomic mass is 16.5. The van der Waals surface area contributed by atoms with E-state index < -0.39 is 0 Å². The van der Waals surface area contributed by atoms with E-state index in [0.29, 0.717) is 18.7 Å². The molecule has 4 heterocycles. The van der Waals surface area contributed by atoms with E-state index in [2.05, 4.69) is 31.9 Å². The molecule has 0 saturated carbocycles. The van der Waals surface area contributed by atoms with Crippen molar-refractivity contribution in [2.75, 3.05) is 20.2 Å². The number of likely N-dealkylation sites (tertiary alicyclic amines) is 1. The van der Waals surface area contributed by atoms with E-state index >= 15 is 0 Å². The number of benzene rings is 1. The van der Waals surface area contributed by atoms with Crippen LogP contribution in [0.25, 0.3) is 11.2 Å². The number of imidazole rings is 1. The third-order valence-corrected chi connectivity index (χ3v) is 6.16. The lowest BCUT2D eigenvalue weighted by Gasteiger charge is -2.33. The maximum absolute atomic E-state index is 12.7. The molecule has 1 aliphatic rings. The second-order valence-corrected chi connectivity index (χ2v) is 8.11. The highest BCUT2D eigenvalue weighted by molar-refractivity contribution is 5.93. The lowest BCUT2D eigenvalue weighted by atomic mass is 10.0. The van der Waals surface area contributed by atoms with E-state index in [1.54, 1.807) is 19.5 Å². The molecular weight excluding hydrogens is 404 g/mol. The van der Waals surface area contributed by atoms with Crippen molar-refractivity contribution >= 4 is 17.1 Å². The van der Waals surface area contributed by atoms with Crippen LogP contribution in [0.4, 0.5) is 0 Å². The Kier molecular flexibility index (Phi) is 5.58. The van der Waals surface area contributed by atoms with Crippen LogP contribution in [-0.4, -0.2) is 55.7 Å². The first kappa shape index (κ1) is 20.2. The molecule has 1 aliphatic heterocycles. The number of pyridine rings is 1. The number of carbonyl (C=O) groups is 1. The number of hydrogen-bond donors (Lipinski definition) is 1. The number of aromatic nitrogens is 5. The minimum absolute atomic E-state index is 0.0315. The molecule has 164 valence electrons. The summed E-state index contributed by atoms with van der Waals surface area (Å²) in [6.45, 7) is 1.41. The van der Waals surface area contributed by atoms with E-state index in [9.17, 15) is 4.79 Å². The first-order valence-electron chi connectivity index (χ1n) is 11.0. The van der Waals surface area contributed by atoms with Crippen molar-refractivity contribution in [1.82, 2.24) is 29.6 Å². The van der Waals surface area contributed by atoms with Gasteiger partial charge in [-0.15, -0.1) is 0 Å². The first-order valence-corrected chi connectivity index (χ1v) is 11.0. The van der Waals surface area contributed by atoms with Crippen LogP contribution < -0.4 is 4.74 Å². The number of hydrogen-bond acceptors (Lipinski definition) is 5. The Bertz CT molecular complexity index is 1210. The van der Waals surface area contributed by atoms with Gasteiger partial charge in [-0.1, -0.05) is 12.1 Å². The lowest BCUT2D eigenvalue weighted by Crippen LogP contribution is -2.39. The van der Waals surface area contributed by atoms with Crippen LogP contribution >= 0.6 is 0 Å². The van der Waals surface area contributed by atoms with E-state index in [0.717, 1.165) is 48.4 Å². The lowest BCUT2D eigenvalue weighted by molar-refractivity contribution is 0.0695. The fraction of sp³-hybridized carbons (Fsp3) is 0.333. The highest BCUT2D eigenvalue weighted by Gasteiger charge is 2.28. The van der Waals surface area contributed by atoms with Crippen LogP contribution in [0.2, 0.25) is 0 Å². The monoisotopic (exact) mass is 430 g/mol. The minimum atomic E-state index is 0.0315. The summed E-state index contributed by atoms with van der Waals surface area (Å²) in [6.07, 6.45) is 8.49. The normalized spacial score (nSPS) is 14.7. The van der Waals surface area contributed by atoms with Gasteiger partial charge in [-0.25, -0.2) is 9.97 Å². The number of methoxy groups -OCH3 is 1. The number of carbonyl (C=O) groups excluding carboxylic acids is 1. The van der Waals surface area contributed by atoms with E-state index in [4.69, 9.17) is 9.72 Å². The van der Waals surface area contributed by atoms with Gasteiger partial charge in [0.25, 0.3) is 5.91 Å². The Morgan fingerprint density at radius 1 is 1.19 bits per heavy atom. The number of amides is 1. The van der Waals surface area contributed by atoms with Crippen molar-refractivity contribution in [3.05, 3.63) is 71.9 Å². The number of nitrogens with zero attached hydrogens (tertiary/aromatic N) is 5. The molecule has 0 aliphatic carbocycles. The quantitative estimate of drug-likeness (QED) is 0.506. The van der Waals surface area contributed by atoms with Crippen molar-refractivity contribution in [2.45, 2.75) is 31.7 Å². The molecule has 0 bridgehead atoms. The number of aryl methyl sites for hydroxylation is 2. The molecule has 0 radical (unpaired) electrons. The SMILES string of the molecule is COc1cccc(CCc2nc3cccnc3n2C2CCN(C(=O)c3cn[nH]c3)CC2)c1. The van der Waals surface area contributed by atoms with Gasteiger partial charge in [-0.05, 0) is 49.1 Å². The van der Waals surface area contributed by atoms with Crippen molar-refractivity contribution in [1.29, 1.82) is 0 Å². The molecule has 8 nitrogen and oxygen atoms in total. The number of fused-ring (bicyclic) bond motifs is 1. The second kappa shape index (κ2) is 8.82. The molecule has 1 fully saturated rings. The van der Waals surface area contributed by atoms with Crippen LogP contribution in [0.5, 0.6) is 5.75 Å². The second-order valence-electron chi connectivity index (χ2n) is 8.11. The van der Waals surface area contributed by atoms with Crippen LogP contribution in [0.15, 0.2) is 55.0 Å². The van der Waals surface area contributed by atoms with Gasteiger partial charge in [0, 0.05) is 37.9 Å². The number of aromatic amines is 1. The maximum Gasteiger partial charge on any atom is 0.257 e. The van der Waals surface area contributed by atoms with Crippen molar-refractivity contribution in [2.24, 2.45) is 0 Å². The van der Waals surface area contributed by atoms with Crippen LogP contribution in [-0.2, 0) is 12.8 Å². The number of H-pyrrole nitrogens is 1. The zero-order valence-electron chi connectivity index (χ0n) is 18.1. The zero-order valence-corrected chi connectivity index (χ0v) is 18.1. The summed E-state index contributed by atoms with van der Waals surface area (Å²) in [4.78, 5) is 24.1. The number of ether oxygens (including phenoxy) is 1. The molecule has 8 heteroatoms. The third kappa shape index (κ3) is 3.95. The summed E-state index contributed by atoms with van der Waals surface area (Å²) in [5, 5.41) is 6.61. The number of nitrogens with one attached hydrogen (secondary N) is 1. The predicted molar refractivity (Wildman–Crippen MR) is 121 cm³/mol. The van der Waals surface area contributed by atoms with Gasteiger partial charge in [0.05, 0.1) is 18.9 Å². The van der Waals surface area contributed by atoms with Crippen LogP contribution in [0.1, 0.15) is 40.6 Å². The van der Waals surface area contributed by atoms with Crippen molar-refractivity contribution < 1.29 is 9.53 Å². The Labute approximate surface area is 186 Å². The largest absolute Gasteiger partial charge is 0.497 e. The third-order valence-electron chi connectivity index (χ3n) is 6.16. The standard InChI is InChI=1S/C24H26N6O2/c1-32-20-5-2-4-17(14-20)7-8-22-28-21-6-3-11-25-23(21)30(22)19-9-12-29(13-10-19)24(31)18-15-26-27-16-18/h2-6,11,14-16,19H,7-10,12-13H2,1H3,(H,26,27). The van der Waals surface area contributed by atoms with Gasteiger partial charge in [-0.3, -0.25) is 9.89 Å². The number of piperidine rings is 1. The van der Waals surface area contributed by atoms with Crippen molar-refractivity contribution in [3.8, 4) is 5.75 Å². The summed E-state index contributed by atoms with van der Waals surface area (Å²) >= 11 is 0. The molecule has 1 N–H and O–H groups in total. The average molecular weight is 431 g/mol. The molecule has 1 amide bonds. The smallest absolute Gasteiger partial charge is 0.257 e. The Morgan fingerprint density at radius 3 is 2.84 bits per heavy atom. The highest BCUT2D eigenvalue weighted by Crippen LogP contribution is 2.29. The Morgan fingerprint density at radius 2 is 2.06 bits per heavy atom. The Hall–Kier alpha value is -3.68. The maximum atomic E-state index is 12.7. The minimum Gasteiger partial charge on any atom is -0.497 e. The fourth-order valence-electron chi connectivity index (χ4n) is 4.50. The first-order chi connectivity index (χ1) is 15.7. The number of rotatable bonds is 6. The zero-order chi connectivity index (χ0) is 21.9. The molecule has 32 heavy (non-hydrogen) atoms. The average Bonchev–Trinajstić information content (AvgIpc) is 3.51. The summed E-state index contributed by atoms with van der Waals surface area (Å²) in [6, 6.07) is 12.4. The van der Waals surface area contributed by atoms with Gasteiger partial charge in [0.2, 0.25) is 0 Å². The molecule has 0 atom stereocenters. The molecule has 0 spiro atoms.